The molecule has 0 heterocycles. The van der Waals surface area contributed by atoms with E-state index in [4.69, 9.17) is 4.74 Å². The van der Waals surface area contributed by atoms with Gasteiger partial charge in [-0.25, -0.2) is 4.79 Å². The molecular formula is C24H24BrN3O3. The molecule has 3 rings (SSSR count). The zero-order chi connectivity index (χ0) is 22.1. The van der Waals surface area contributed by atoms with E-state index in [2.05, 4.69) is 26.6 Å². The second-order valence-electron chi connectivity index (χ2n) is 6.74. The van der Waals surface area contributed by atoms with E-state index < -0.39 is 0 Å². The summed E-state index contributed by atoms with van der Waals surface area (Å²) in [6.07, 6.45) is 0.591. The number of para-hydroxylation sites is 3. The van der Waals surface area contributed by atoms with E-state index in [9.17, 15) is 9.59 Å². The van der Waals surface area contributed by atoms with Crippen LogP contribution in [0.2, 0.25) is 0 Å². The summed E-state index contributed by atoms with van der Waals surface area (Å²) < 4.78 is 6.17. The summed E-state index contributed by atoms with van der Waals surface area (Å²) in [5.41, 5.74) is 1.95. The van der Waals surface area contributed by atoms with Gasteiger partial charge in [0.15, 0.2) is 0 Å². The van der Waals surface area contributed by atoms with Gasteiger partial charge in [-0.15, -0.1) is 0 Å². The van der Waals surface area contributed by atoms with E-state index >= 15 is 0 Å². The molecule has 0 aliphatic rings. The molecule has 0 atom stereocenters. The van der Waals surface area contributed by atoms with Crippen LogP contribution in [0.15, 0.2) is 83.3 Å². The SMILES string of the molecule is COc1ccccc1NC(=O)N(CCCNC(=O)c1cccc(Br)c1)c1ccccc1. The Balaban J connectivity index is 1.63. The second-order valence-corrected chi connectivity index (χ2v) is 7.65. The zero-order valence-electron chi connectivity index (χ0n) is 17.2. The maximum absolute atomic E-state index is 13.0. The van der Waals surface area contributed by atoms with Crippen LogP contribution in [0.4, 0.5) is 16.2 Å². The van der Waals surface area contributed by atoms with Crippen molar-refractivity contribution < 1.29 is 14.3 Å². The summed E-state index contributed by atoms with van der Waals surface area (Å²) in [4.78, 5) is 27.0. The lowest BCUT2D eigenvalue weighted by molar-refractivity contribution is 0.0953. The zero-order valence-corrected chi connectivity index (χ0v) is 18.8. The highest BCUT2D eigenvalue weighted by atomic mass is 79.9. The fourth-order valence-electron chi connectivity index (χ4n) is 3.06. The van der Waals surface area contributed by atoms with Crippen LogP contribution in [-0.2, 0) is 0 Å². The van der Waals surface area contributed by atoms with Gasteiger partial charge in [0.05, 0.1) is 12.8 Å². The van der Waals surface area contributed by atoms with Gasteiger partial charge in [0.2, 0.25) is 0 Å². The van der Waals surface area contributed by atoms with Crippen molar-refractivity contribution in [2.45, 2.75) is 6.42 Å². The number of ether oxygens (including phenoxy) is 1. The first-order chi connectivity index (χ1) is 15.1. The number of halogens is 1. The van der Waals surface area contributed by atoms with Crippen LogP contribution in [-0.4, -0.2) is 32.1 Å². The lowest BCUT2D eigenvalue weighted by Crippen LogP contribution is -2.37. The first-order valence-electron chi connectivity index (χ1n) is 9.89. The molecule has 0 saturated heterocycles. The summed E-state index contributed by atoms with van der Waals surface area (Å²) in [7, 11) is 1.56. The Morgan fingerprint density at radius 3 is 2.45 bits per heavy atom. The molecule has 0 spiro atoms. The molecule has 0 aliphatic heterocycles. The average molecular weight is 482 g/mol. The molecule has 0 fully saturated rings. The maximum Gasteiger partial charge on any atom is 0.326 e. The number of carbonyl (C=O) groups excluding carboxylic acids is 2. The maximum atomic E-state index is 13.0. The van der Waals surface area contributed by atoms with Crippen LogP contribution >= 0.6 is 15.9 Å². The number of amides is 3. The molecule has 3 aromatic carbocycles. The van der Waals surface area contributed by atoms with E-state index in [1.54, 1.807) is 36.3 Å². The van der Waals surface area contributed by atoms with E-state index in [0.717, 1.165) is 10.2 Å². The number of methoxy groups -OCH3 is 1. The summed E-state index contributed by atoms with van der Waals surface area (Å²) >= 11 is 3.37. The Morgan fingerprint density at radius 1 is 0.968 bits per heavy atom. The van der Waals surface area contributed by atoms with Crippen molar-refractivity contribution >= 4 is 39.2 Å². The first kappa shape index (κ1) is 22.4. The highest BCUT2D eigenvalue weighted by Gasteiger charge is 2.17. The Hall–Kier alpha value is -3.32. The van der Waals surface area contributed by atoms with Gasteiger partial charge < -0.3 is 15.4 Å². The number of benzene rings is 3. The summed E-state index contributed by atoms with van der Waals surface area (Å²) in [6, 6.07) is 23.6. The van der Waals surface area contributed by atoms with E-state index in [-0.39, 0.29) is 11.9 Å². The Labute approximate surface area is 190 Å². The number of nitrogens with one attached hydrogen (secondary N) is 2. The van der Waals surface area contributed by atoms with Gasteiger partial charge in [-0.05, 0) is 48.9 Å². The molecule has 0 aromatic heterocycles. The third kappa shape index (κ3) is 6.33. The molecule has 160 valence electrons. The fraction of sp³-hybridized carbons (Fsp3) is 0.167. The normalized spacial score (nSPS) is 10.3. The van der Waals surface area contributed by atoms with Gasteiger partial charge in [0.25, 0.3) is 5.91 Å². The minimum absolute atomic E-state index is 0.147. The molecular weight excluding hydrogens is 458 g/mol. The van der Waals surface area contributed by atoms with Gasteiger partial charge in [0.1, 0.15) is 5.75 Å². The van der Waals surface area contributed by atoms with Gasteiger partial charge in [-0.3, -0.25) is 9.69 Å². The topological polar surface area (TPSA) is 70.7 Å². The Morgan fingerprint density at radius 2 is 1.71 bits per heavy atom. The predicted molar refractivity (Wildman–Crippen MR) is 127 cm³/mol. The highest BCUT2D eigenvalue weighted by Crippen LogP contribution is 2.24. The van der Waals surface area contributed by atoms with Crippen molar-refractivity contribution in [2.75, 3.05) is 30.4 Å². The molecule has 0 saturated carbocycles. The molecule has 2 N–H and O–H groups in total. The van der Waals surface area contributed by atoms with Crippen LogP contribution in [0.5, 0.6) is 5.75 Å². The molecule has 0 radical (unpaired) electrons. The molecule has 3 aromatic rings. The number of anilines is 2. The minimum Gasteiger partial charge on any atom is -0.495 e. The van der Waals surface area contributed by atoms with Crippen molar-refractivity contribution in [3.05, 3.63) is 88.9 Å². The molecule has 31 heavy (non-hydrogen) atoms. The highest BCUT2D eigenvalue weighted by molar-refractivity contribution is 9.10. The van der Waals surface area contributed by atoms with Crippen molar-refractivity contribution in [1.82, 2.24) is 5.32 Å². The summed E-state index contributed by atoms with van der Waals surface area (Å²) in [6.45, 7) is 0.875. The van der Waals surface area contributed by atoms with Crippen LogP contribution in [0.25, 0.3) is 0 Å². The van der Waals surface area contributed by atoms with Gasteiger partial charge in [0, 0.05) is 28.8 Å². The molecule has 0 bridgehead atoms. The summed E-state index contributed by atoms with van der Waals surface area (Å²) in [5.74, 6) is 0.441. The molecule has 0 aliphatic carbocycles. The monoisotopic (exact) mass is 481 g/mol. The standard InChI is InChI=1S/C24H24BrN3O3/c1-31-22-14-6-5-13-21(22)27-24(30)28(20-11-3-2-4-12-20)16-8-15-26-23(29)18-9-7-10-19(25)17-18/h2-7,9-14,17H,8,15-16H2,1H3,(H,26,29)(H,27,30). The number of carbonyl (C=O) groups is 2. The molecule has 3 amide bonds. The second kappa shape index (κ2) is 11.2. The van der Waals surface area contributed by atoms with Crippen LogP contribution in [0.3, 0.4) is 0 Å². The first-order valence-corrected chi connectivity index (χ1v) is 10.7. The average Bonchev–Trinajstić information content (AvgIpc) is 2.79. The van der Waals surface area contributed by atoms with Crippen molar-refractivity contribution in [3.63, 3.8) is 0 Å². The number of nitrogens with zero attached hydrogens (tertiary/aromatic N) is 1. The minimum atomic E-state index is -0.269. The third-order valence-electron chi connectivity index (χ3n) is 4.59. The molecule has 7 heteroatoms. The number of urea groups is 1. The largest absolute Gasteiger partial charge is 0.495 e. The van der Waals surface area contributed by atoms with Crippen molar-refractivity contribution in [3.8, 4) is 5.75 Å². The third-order valence-corrected chi connectivity index (χ3v) is 5.09. The van der Waals surface area contributed by atoms with Gasteiger partial charge in [-0.2, -0.15) is 0 Å². The van der Waals surface area contributed by atoms with Crippen LogP contribution in [0.1, 0.15) is 16.8 Å². The number of hydrogen-bond donors (Lipinski definition) is 2. The van der Waals surface area contributed by atoms with Gasteiger partial charge >= 0.3 is 6.03 Å². The van der Waals surface area contributed by atoms with E-state index in [1.165, 1.54) is 0 Å². The van der Waals surface area contributed by atoms with Crippen LogP contribution in [0, 0.1) is 0 Å². The van der Waals surface area contributed by atoms with Gasteiger partial charge in [-0.1, -0.05) is 52.3 Å². The Kier molecular flexibility index (Phi) is 8.06. The molecule has 6 nitrogen and oxygen atoms in total. The van der Waals surface area contributed by atoms with Crippen LogP contribution < -0.4 is 20.3 Å². The smallest absolute Gasteiger partial charge is 0.326 e. The number of hydrogen-bond acceptors (Lipinski definition) is 3. The van der Waals surface area contributed by atoms with Crippen molar-refractivity contribution in [2.24, 2.45) is 0 Å². The lowest BCUT2D eigenvalue weighted by Gasteiger charge is -2.24. The Bertz CT molecular complexity index is 1030. The lowest BCUT2D eigenvalue weighted by atomic mass is 10.2. The predicted octanol–water partition coefficient (Wildman–Crippen LogP) is 5.32. The van der Waals surface area contributed by atoms with E-state index in [0.29, 0.717) is 36.5 Å². The number of rotatable bonds is 8. The summed E-state index contributed by atoms with van der Waals surface area (Å²) in [5, 5.41) is 5.81. The fourth-order valence-corrected chi connectivity index (χ4v) is 3.46. The van der Waals surface area contributed by atoms with Crippen molar-refractivity contribution in [1.29, 1.82) is 0 Å². The van der Waals surface area contributed by atoms with E-state index in [1.807, 2.05) is 54.6 Å². The molecule has 0 unspecified atom stereocenters. The quantitative estimate of drug-likeness (QED) is 0.427.